The standard InChI is InChI=1S/C19H19BrN2O3/c1-3-6-13-7-5-8-14(18(13)23)12-21-22-19(24)16-11-15(20)9-10-17(16)25-4-2/h3,5,7-12,23H,1,4,6H2,2H3,(H,22,24)/b21-12+. The number of para-hydroxylation sites is 1. The third-order valence-electron chi connectivity index (χ3n) is 3.37. The number of benzene rings is 2. The van der Waals surface area contributed by atoms with Gasteiger partial charge in [0, 0.05) is 10.0 Å². The number of hydrazone groups is 1. The second-order valence-corrected chi connectivity index (χ2v) is 6.04. The highest BCUT2D eigenvalue weighted by Crippen LogP contribution is 2.24. The Labute approximate surface area is 155 Å². The Balaban J connectivity index is 2.15. The van der Waals surface area contributed by atoms with Gasteiger partial charge in [0.15, 0.2) is 0 Å². The van der Waals surface area contributed by atoms with Gasteiger partial charge in [-0.1, -0.05) is 34.1 Å². The maximum absolute atomic E-state index is 12.3. The van der Waals surface area contributed by atoms with Gasteiger partial charge in [-0.15, -0.1) is 6.58 Å². The first-order valence-corrected chi connectivity index (χ1v) is 8.53. The predicted molar refractivity (Wildman–Crippen MR) is 102 cm³/mol. The number of amides is 1. The molecule has 25 heavy (non-hydrogen) atoms. The topological polar surface area (TPSA) is 70.9 Å². The molecule has 0 saturated heterocycles. The first kappa shape index (κ1) is 18.7. The van der Waals surface area contributed by atoms with Crippen molar-refractivity contribution < 1.29 is 14.6 Å². The van der Waals surface area contributed by atoms with Crippen LogP contribution in [0, 0.1) is 0 Å². The van der Waals surface area contributed by atoms with Gasteiger partial charge in [-0.05, 0) is 43.2 Å². The summed E-state index contributed by atoms with van der Waals surface area (Å²) in [7, 11) is 0. The summed E-state index contributed by atoms with van der Waals surface area (Å²) in [5.41, 5.74) is 4.08. The Morgan fingerprint density at radius 2 is 2.20 bits per heavy atom. The lowest BCUT2D eigenvalue weighted by Crippen LogP contribution is -2.18. The van der Waals surface area contributed by atoms with E-state index < -0.39 is 5.91 Å². The van der Waals surface area contributed by atoms with Gasteiger partial charge in [-0.25, -0.2) is 5.43 Å². The second-order valence-electron chi connectivity index (χ2n) is 5.12. The van der Waals surface area contributed by atoms with Crippen molar-refractivity contribution in [2.24, 2.45) is 5.10 Å². The molecule has 6 heteroatoms. The predicted octanol–water partition coefficient (Wildman–Crippen LogP) is 4.05. The Bertz CT molecular complexity index is 803. The van der Waals surface area contributed by atoms with E-state index in [2.05, 4.69) is 33.0 Å². The minimum absolute atomic E-state index is 0.123. The fraction of sp³-hybridized carbons (Fsp3) is 0.158. The first-order valence-electron chi connectivity index (χ1n) is 7.74. The van der Waals surface area contributed by atoms with Crippen molar-refractivity contribution in [3.05, 3.63) is 70.2 Å². The van der Waals surface area contributed by atoms with E-state index >= 15 is 0 Å². The Morgan fingerprint density at radius 3 is 2.92 bits per heavy atom. The molecule has 2 aromatic carbocycles. The molecule has 0 spiro atoms. The van der Waals surface area contributed by atoms with Gasteiger partial charge in [-0.2, -0.15) is 5.10 Å². The number of halogens is 1. The summed E-state index contributed by atoms with van der Waals surface area (Å²) in [5.74, 6) is 0.204. The molecule has 130 valence electrons. The lowest BCUT2D eigenvalue weighted by atomic mass is 10.1. The summed E-state index contributed by atoms with van der Waals surface area (Å²) in [6.07, 6.45) is 3.66. The van der Waals surface area contributed by atoms with Crippen molar-refractivity contribution in [3.8, 4) is 11.5 Å². The molecular formula is C19H19BrN2O3. The number of carbonyl (C=O) groups excluding carboxylic acids is 1. The highest BCUT2D eigenvalue weighted by molar-refractivity contribution is 9.10. The van der Waals surface area contributed by atoms with E-state index in [0.717, 1.165) is 10.0 Å². The second kappa shape index (κ2) is 9.03. The molecule has 0 bridgehead atoms. The fourth-order valence-corrected chi connectivity index (χ4v) is 2.58. The highest BCUT2D eigenvalue weighted by atomic mass is 79.9. The molecule has 2 rings (SSSR count). The number of allylic oxidation sites excluding steroid dienone is 1. The average Bonchev–Trinajstić information content (AvgIpc) is 2.60. The molecule has 0 aliphatic heterocycles. The van der Waals surface area contributed by atoms with Crippen molar-refractivity contribution in [2.45, 2.75) is 13.3 Å². The van der Waals surface area contributed by atoms with Crippen LogP contribution in [0.5, 0.6) is 11.5 Å². The molecule has 0 heterocycles. The van der Waals surface area contributed by atoms with Gasteiger partial charge in [-0.3, -0.25) is 4.79 Å². The zero-order valence-corrected chi connectivity index (χ0v) is 15.4. The smallest absolute Gasteiger partial charge is 0.275 e. The summed E-state index contributed by atoms with van der Waals surface area (Å²) >= 11 is 3.34. The van der Waals surface area contributed by atoms with Crippen LogP contribution in [0.4, 0.5) is 0 Å². The number of hydrogen-bond acceptors (Lipinski definition) is 4. The number of phenols is 1. The third kappa shape index (κ3) is 4.93. The number of ether oxygens (including phenoxy) is 1. The van der Waals surface area contributed by atoms with E-state index in [-0.39, 0.29) is 5.75 Å². The molecule has 0 aliphatic carbocycles. The highest BCUT2D eigenvalue weighted by Gasteiger charge is 2.12. The maximum atomic E-state index is 12.3. The quantitative estimate of drug-likeness (QED) is 0.416. The third-order valence-corrected chi connectivity index (χ3v) is 3.86. The monoisotopic (exact) mass is 402 g/mol. The minimum Gasteiger partial charge on any atom is -0.507 e. The van der Waals surface area contributed by atoms with E-state index in [0.29, 0.717) is 29.9 Å². The van der Waals surface area contributed by atoms with Crippen LogP contribution in [-0.4, -0.2) is 23.8 Å². The van der Waals surface area contributed by atoms with E-state index in [9.17, 15) is 9.90 Å². The van der Waals surface area contributed by atoms with Crippen LogP contribution >= 0.6 is 15.9 Å². The van der Waals surface area contributed by atoms with Crippen molar-refractivity contribution in [1.82, 2.24) is 5.43 Å². The lowest BCUT2D eigenvalue weighted by molar-refractivity contribution is 0.0951. The van der Waals surface area contributed by atoms with E-state index in [1.807, 2.05) is 19.1 Å². The van der Waals surface area contributed by atoms with Crippen molar-refractivity contribution in [2.75, 3.05) is 6.61 Å². The van der Waals surface area contributed by atoms with Crippen LogP contribution in [0.1, 0.15) is 28.4 Å². The van der Waals surface area contributed by atoms with Gasteiger partial charge in [0.25, 0.3) is 5.91 Å². The minimum atomic E-state index is -0.400. The average molecular weight is 403 g/mol. The van der Waals surface area contributed by atoms with Crippen molar-refractivity contribution >= 4 is 28.1 Å². The van der Waals surface area contributed by atoms with Crippen LogP contribution in [0.2, 0.25) is 0 Å². The van der Waals surface area contributed by atoms with Gasteiger partial charge < -0.3 is 9.84 Å². The number of hydrogen-bond donors (Lipinski definition) is 2. The maximum Gasteiger partial charge on any atom is 0.275 e. The summed E-state index contributed by atoms with van der Waals surface area (Å²) in [5, 5.41) is 14.1. The molecule has 0 atom stereocenters. The molecule has 0 unspecified atom stereocenters. The van der Waals surface area contributed by atoms with Crippen molar-refractivity contribution in [3.63, 3.8) is 0 Å². The molecule has 2 N–H and O–H groups in total. The number of nitrogens with one attached hydrogen (secondary N) is 1. The van der Waals surface area contributed by atoms with Crippen LogP contribution in [0.15, 0.2) is 58.6 Å². The summed E-state index contributed by atoms with van der Waals surface area (Å²) < 4.78 is 6.22. The molecule has 0 fully saturated rings. The molecule has 2 aromatic rings. The summed E-state index contributed by atoms with van der Waals surface area (Å²) in [6.45, 7) is 5.96. The molecule has 0 radical (unpaired) electrons. The SMILES string of the molecule is C=CCc1cccc(/C=N/NC(=O)c2cc(Br)ccc2OCC)c1O. The molecular weight excluding hydrogens is 384 g/mol. The van der Waals surface area contributed by atoms with Crippen LogP contribution in [-0.2, 0) is 6.42 Å². The molecule has 0 aromatic heterocycles. The van der Waals surface area contributed by atoms with Crippen LogP contribution in [0.25, 0.3) is 0 Å². The van der Waals surface area contributed by atoms with Gasteiger partial charge in [0.05, 0.1) is 18.4 Å². The summed E-state index contributed by atoms with van der Waals surface area (Å²) in [4.78, 5) is 12.3. The zero-order valence-electron chi connectivity index (χ0n) is 13.8. The number of carbonyl (C=O) groups is 1. The van der Waals surface area contributed by atoms with E-state index in [1.54, 1.807) is 30.3 Å². The van der Waals surface area contributed by atoms with Crippen LogP contribution in [0.3, 0.4) is 0 Å². The Hall–Kier alpha value is -2.60. The Kier molecular flexibility index (Phi) is 6.77. The fourth-order valence-electron chi connectivity index (χ4n) is 2.22. The lowest BCUT2D eigenvalue weighted by Gasteiger charge is -2.09. The molecule has 0 aliphatic rings. The number of nitrogens with zero attached hydrogens (tertiary/aromatic N) is 1. The summed E-state index contributed by atoms with van der Waals surface area (Å²) in [6, 6.07) is 10.5. The van der Waals surface area contributed by atoms with E-state index in [1.165, 1.54) is 6.21 Å². The first-order chi connectivity index (χ1) is 12.1. The largest absolute Gasteiger partial charge is 0.507 e. The van der Waals surface area contributed by atoms with E-state index in [4.69, 9.17) is 4.74 Å². The van der Waals surface area contributed by atoms with Gasteiger partial charge in [0.1, 0.15) is 11.5 Å². The zero-order chi connectivity index (χ0) is 18.2. The van der Waals surface area contributed by atoms with Crippen LogP contribution < -0.4 is 10.2 Å². The Morgan fingerprint density at radius 1 is 1.40 bits per heavy atom. The molecule has 1 amide bonds. The normalized spacial score (nSPS) is 10.6. The number of phenolic OH excluding ortho intramolecular Hbond substituents is 1. The number of rotatable bonds is 7. The molecule has 5 nitrogen and oxygen atoms in total. The van der Waals surface area contributed by atoms with Gasteiger partial charge >= 0.3 is 0 Å². The number of aromatic hydroxyl groups is 1. The molecule has 0 saturated carbocycles. The van der Waals surface area contributed by atoms with Crippen molar-refractivity contribution in [1.29, 1.82) is 0 Å². The van der Waals surface area contributed by atoms with Gasteiger partial charge in [0.2, 0.25) is 0 Å².